The molecule has 2 heterocycles. The van der Waals surface area contributed by atoms with Crippen molar-refractivity contribution >= 4 is 34.5 Å². The van der Waals surface area contributed by atoms with Crippen molar-refractivity contribution in [1.82, 2.24) is 18.7 Å². The van der Waals surface area contributed by atoms with Gasteiger partial charge in [0.25, 0.3) is 5.56 Å². The van der Waals surface area contributed by atoms with E-state index in [4.69, 9.17) is 0 Å². The Labute approximate surface area is 172 Å². The number of nitrogens with one attached hydrogen (secondary N) is 1. The van der Waals surface area contributed by atoms with Gasteiger partial charge in [-0.1, -0.05) is 43.8 Å². The molecule has 0 aliphatic carbocycles. The molecular formula is C20H25N5O3S. The molecule has 0 saturated carbocycles. The highest BCUT2D eigenvalue weighted by Crippen LogP contribution is 2.20. The van der Waals surface area contributed by atoms with Crippen LogP contribution in [0.1, 0.15) is 20.3 Å². The zero-order valence-corrected chi connectivity index (χ0v) is 17.8. The Morgan fingerprint density at radius 1 is 1.14 bits per heavy atom. The molecule has 154 valence electrons. The number of para-hydroxylation sites is 1. The fourth-order valence-corrected chi connectivity index (χ4v) is 3.75. The van der Waals surface area contributed by atoms with E-state index in [2.05, 4.69) is 10.3 Å². The second-order valence-electron chi connectivity index (χ2n) is 7.31. The summed E-state index contributed by atoms with van der Waals surface area (Å²) < 4.78 is 4.31. The number of thioether (sulfide) groups is 1. The van der Waals surface area contributed by atoms with Gasteiger partial charge in [0.15, 0.2) is 16.3 Å². The number of aryl methyl sites for hydroxylation is 2. The normalized spacial score (nSPS) is 11.3. The maximum Gasteiger partial charge on any atom is 0.332 e. The number of amides is 1. The predicted molar refractivity (Wildman–Crippen MR) is 115 cm³/mol. The number of aromatic nitrogens is 4. The lowest BCUT2D eigenvalue weighted by molar-refractivity contribution is -0.113. The maximum atomic E-state index is 12.9. The van der Waals surface area contributed by atoms with E-state index >= 15 is 0 Å². The molecule has 1 amide bonds. The fourth-order valence-electron chi connectivity index (χ4n) is 2.99. The number of anilines is 1. The molecule has 0 saturated heterocycles. The molecule has 0 bridgehead atoms. The van der Waals surface area contributed by atoms with Crippen LogP contribution in [-0.4, -0.2) is 30.3 Å². The second-order valence-corrected chi connectivity index (χ2v) is 8.25. The number of carbonyl (C=O) groups excluding carboxylic acids is 1. The molecule has 0 fully saturated rings. The number of hydrogen-bond acceptors (Lipinski definition) is 5. The van der Waals surface area contributed by atoms with Crippen molar-refractivity contribution in [2.45, 2.75) is 32.0 Å². The van der Waals surface area contributed by atoms with Crippen molar-refractivity contribution in [3.05, 3.63) is 51.2 Å². The summed E-state index contributed by atoms with van der Waals surface area (Å²) in [5, 5.41) is 3.33. The molecule has 9 heteroatoms. The Kier molecular flexibility index (Phi) is 6.26. The molecular weight excluding hydrogens is 390 g/mol. The van der Waals surface area contributed by atoms with Crippen molar-refractivity contribution in [2.24, 2.45) is 20.0 Å². The van der Waals surface area contributed by atoms with Crippen LogP contribution in [0.2, 0.25) is 0 Å². The first kappa shape index (κ1) is 20.9. The summed E-state index contributed by atoms with van der Waals surface area (Å²) in [5.74, 6) is 0.348. The van der Waals surface area contributed by atoms with Gasteiger partial charge in [-0.15, -0.1) is 0 Å². The first-order valence-corrected chi connectivity index (χ1v) is 10.4. The van der Waals surface area contributed by atoms with Crippen molar-refractivity contribution < 1.29 is 4.79 Å². The summed E-state index contributed by atoms with van der Waals surface area (Å²) in [6.07, 6.45) is 0.736. The third-order valence-corrected chi connectivity index (χ3v) is 5.67. The number of fused-ring (bicyclic) bond motifs is 1. The maximum absolute atomic E-state index is 12.9. The Morgan fingerprint density at radius 2 is 1.83 bits per heavy atom. The van der Waals surface area contributed by atoms with Gasteiger partial charge in [0.1, 0.15) is 0 Å². The molecule has 8 nitrogen and oxygen atoms in total. The van der Waals surface area contributed by atoms with Gasteiger partial charge in [-0.25, -0.2) is 9.78 Å². The Balaban J connectivity index is 1.86. The third-order valence-electron chi connectivity index (χ3n) is 4.64. The number of hydrogen-bond donors (Lipinski definition) is 1. The van der Waals surface area contributed by atoms with E-state index in [1.165, 1.54) is 20.9 Å². The molecule has 1 aromatic carbocycles. The van der Waals surface area contributed by atoms with Crippen LogP contribution in [0.4, 0.5) is 5.69 Å². The van der Waals surface area contributed by atoms with Crippen molar-refractivity contribution in [1.29, 1.82) is 0 Å². The number of imidazole rings is 1. The number of nitrogens with zero attached hydrogens (tertiary/aromatic N) is 4. The van der Waals surface area contributed by atoms with Gasteiger partial charge >= 0.3 is 5.69 Å². The van der Waals surface area contributed by atoms with E-state index in [1.807, 2.05) is 44.2 Å². The highest BCUT2D eigenvalue weighted by molar-refractivity contribution is 7.99. The van der Waals surface area contributed by atoms with Crippen molar-refractivity contribution in [3.8, 4) is 0 Å². The number of benzene rings is 1. The van der Waals surface area contributed by atoms with Gasteiger partial charge in [-0.3, -0.25) is 18.7 Å². The minimum atomic E-state index is -0.375. The van der Waals surface area contributed by atoms with E-state index in [0.29, 0.717) is 28.8 Å². The van der Waals surface area contributed by atoms with Crippen LogP contribution in [0.5, 0.6) is 0 Å². The molecule has 2 aromatic heterocycles. The average molecular weight is 416 g/mol. The molecule has 0 radical (unpaired) electrons. The number of carbonyl (C=O) groups is 1. The number of rotatable bonds is 7. The fraction of sp³-hybridized carbons (Fsp3) is 0.400. The van der Waals surface area contributed by atoms with Crippen LogP contribution in [0, 0.1) is 5.92 Å². The average Bonchev–Trinajstić information content (AvgIpc) is 3.02. The molecule has 0 atom stereocenters. The summed E-state index contributed by atoms with van der Waals surface area (Å²) in [4.78, 5) is 42.2. The summed E-state index contributed by atoms with van der Waals surface area (Å²) in [7, 11) is 3.34. The zero-order valence-electron chi connectivity index (χ0n) is 17.0. The van der Waals surface area contributed by atoms with E-state index in [0.717, 1.165) is 12.1 Å². The van der Waals surface area contributed by atoms with E-state index in [-0.39, 0.29) is 22.9 Å². The summed E-state index contributed by atoms with van der Waals surface area (Å²) in [5.41, 5.74) is 0.689. The van der Waals surface area contributed by atoms with Gasteiger partial charge < -0.3 is 9.88 Å². The molecule has 3 rings (SSSR count). The van der Waals surface area contributed by atoms with Crippen LogP contribution < -0.4 is 16.6 Å². The van der Waals surface area contributed by atoms with Crippen molar-refractivity contribution in [2.75, 3.05) is 11.1 Å². The molecule has 0 unspecified atom stereocenters. The van der Waals surface area contributed by atoms with Crippen LogP contribution in [0.25, 0.3) is 11.2 Å². The molecule has 3 aromatic rings. The first-order valence-electron chi connectivity index (χ1n) is 9.43. The van der Waals surface area contributed by atoms with Gasteiger partial charge in [0.05, 0.1) is 5.75 Å². The molecule has 0 aliphatic rings. The third kappa shape index (κ3) is 4.45. The lowest BCUT2D eigenvalue weighted by atomic mass is 10.1. The second kappa shape index (κ2) is 8.69. The zero-order chi connectivity index (χ0) is 21.1. The van der Waals surface area contributed by atoms with Crippen LogP contribution >= 0.6 is 11.8 Å². The highest BCUT2D eigenvalue weighted by atomic mass is 32.2. The lowest BCUT2D eigenvalue weighted by Crippen LogP contribution is -2.39. The monoisotopic (exact) mass is 415 g/mol. The van der Waals surface area contributed by atoms with Crippen LogP contribution in [0.3, 0.4) is 0 Å². The largest absolute Gasteiger partial charge is 0.332 e. The van der Waals surface area contributed by atoms with Gasteiger partial charge in [0.2, 0.25) is 5.91 Å². The first-order chi connectivity index (χ1) is 13.8. The standard InChI is InChI=1S/C20H25N5O3S/c1-13(2)10-11-25-18(27)16-17(24(4)20(25)28)22-19(23(16)3)29-12-15(26)21-14-8-6-5-7-9-14/h5-9,13H,10-12H2,1-4H3,(H,21,26). The topological polar surface area (TPSA) is 90.9 Å². The van der Waals surface area contributed by atoms with Crippen LogP contribution in [-0.2, 0) is 25.4 Å². The quantitative estimate of drug-likeness (QED) is 0.598. The molecule has 0 spiro atoms. The van der Waals surface area contributed by atoms with E-state index < -0.39 is 0 Å². The minimum absolute atomic E-state index is 0.140. The minimum Gasteiger partial charge on any atom is -0.325 e. The van der Waals surface area contributed by atoms with Gasteiger partial charge in [0, 0.05) is 26.3 Å². The van der Waals surface area contributed by atoms with Crippen LogP contribution in [0.15, 0.2) is 45.1 Å². The van der Waals surface area contributed by atoms with E-state index in [9.17, 15) is 14.4 Å². The summed E-state index contributed by atoms with van der Waals surface area (Å²) in [6, 6.07) is 9.19. The Bertz CT molecular complexity index is 1140. The SMILES string of the molecule is CC(C)CCn1c(=O)c2c(nc(SCC(=O)Nc3ccccc3)n2C)n(C)c1=O. The molecule has 29 heavy (non-hydrogen) atoms. The Morgan fingerprint density at radius 3 is 2.48 bits per heavy atom. The smallest absolute Gasteiger partial charge is 0.325 e. The van der Waals surface area contributed by atoms with Crippen molar-refractivity contribution in [3.63, 3.8) is 0 Å². The van der Waals surface area contributed by atoms with Gasteiger partial charge in [-0.2, -0.15) is 0 Å². The highest BCUT2D eigenvalue weighted by Gasteiger charge is 2.19. The molecule has 0 aliphatic heterocycles. The molecule has 1 N–H and O–H groups in total. The van der Waals surface area contributed by atoms with Gasteiger partial charge in [-0.05, 0) is 24.5 Å². The summed E-state index contributed by atoms with van der Waals surface area (Å²) in [6.45, 7) is 4.47. The Hall–Kier alpha value is -2.81. The summed E-state index contributed by atoms with van der Waals surface area (Å²) >= 11 is 1.22. The van der Waals surface area contributed by atoms with E-state index in [1.54, 1.807) is 18.7 Å². The predicted octanol–water partition coefficient (Wildman–Crippen LogP) is 2.21. The lowest BCUT2D eigenvalue weighted by Gasteiger charge is -2.10.